The van der Waals surface area contributed by atoms with Crippen LogP contribution in [0.1, 0.15) is 12.5 Å². The molecule has 0 aromatic heterocycles. The van der Waals surface area contributed by atoms with Gasteiger partial charge in [-0.1, -0.05) is 43.3 Å². The Labute approximate surface area is 102 Å². The summed E-state index contributed by atoms with van der Waals surface area (Å²) in [5, 5.41) is 3.31. The molecule has 0 atom stereocenters. The smallest absolute Gasteiger partial charge is 0.131 e. The van der Waals surface area contributed by atoms with Crippen LogP contribution in [0, 0.1) is 0 Å². The molecule has 2 rings (SSSR count). The van der Waals surface area contributed by atoms with Crippen LogP contribution in [0.5, 0.6) is 11.5 Å². The molecule has 2 aromatic rings. The van der Waals surface area contributed by atoms with Gasteiger partial charge >= 0.3 is 0 Å². The van der Waals surface area contributed by atoms with E-state index in [0.717, 1.165) is 24.6 Å². The van der Waals surface area contributed by atoms with E-state index < -0.39 is 0 Å². The van der Waals surface area contributed by atoms with Crippen molar-refractivity contribution in [3.63, 3.8) is 0 Å². The highest BCUT2D eigenvalue weighted by Gasteiger charge is 2.02. The maximum absolute atomic E-state index is 5.87. The molecule has 0 fully saturated rings. The van der Waals surface area contributed by atoms with Crippen molar-refractivity contribution >= 4 is 0 Å². The Morgan fingerprint density at radius 2 is 1.65 bits per heavy atom. The molecule has 0 aliphatic heterocycles. The number of para-hydroxylation sites is 2. The molecular formula is C15H17NO. The van der Waals surface area contributed by atoms with Crippen molar-refractivity contribution in [2.75, 3.05) is 6.54 Å². The molecule has 2 aromatic carbocycles. The topological polar surface area (TPSA) is 21.3 Å². The Morgan fingerprint density at radius 3 is 2.41 bits per heavy atom. The monoisotopic (exact) mass is 227 g/mol. The first-order valence-corrected chi connectivity index (χ1v) is 5.91. The zero-order valence-corrected chi connectivity index (χ0v) is 10.0. The fraction of sp³-hybridized carbons (Fsp3) is 0.200. The fourth-order valence-corrected chi connectivity index (χ4v) is 1.62. The van der Waals surface area contributed by atoms with Crippen LogP contribution in [-0.4, -0.2) is 6.54 Å². The Morgan fingerprint density at radius 1 is 0.941 bits per heavy atom. The molecule has 17 heavy (non-hydrogen) atoms. The standard InChI is InChI=1S/C15H17NO/c1-2-16-12-13-8-6-7-11-15(13)17-14-9-4-3-5-10-14/h3-11,16H,2,12H2,1H3. The number of rotatable bonds is 5. The number of benzene rings is 2. The van der Waals surface area contributed by atoms with E-state index in [9.17, 15) is 0 Å². The number of hydrogen-bond donors (Lipinski definition) is 1. The Balaban J connectivity index is 2.15. The SMILES string of the molecule is CCNCc1ccccc1Oc1ccccc1. The molecule has 2 heteroatoms. The summed E-state index contributed by atoms with van der Waals surface area (Å²) in [7, 11) is 0. The van der Waals surface area contributed by atoms with Crippen LogP contribution >= 0.6 is 0 Å². The van der Waals surface area contributed by atoms with Crippen molar-refractivity contribution in [3.8, 4) is 11.5 Å². The van der Waals surface area contributed by atoms with E-state index >= 15 is 0 Å². The van der Waals surface area contributed by atoms with E-state index in [-0.39, 0.29) is 0 Å². The number of hydrogen-bond acceptors (Lipinski definition) is 2. The van der Waals surface area contributed by atoms with Crippen LogP contribution < -0.4 is 10.1 Å². The third kappa shape index (κ3) is 3.33. The molecule has 0 heterocycles. The summed E-state index contributed by atoms with van der Waals surface area (Å²) < 4.78 is 5.87. The largest absolute Gasteiger partial charge is 0.457 e. The third-order valence-corrected chi connectivity index (χ3v) is 2.51. The second kappa shape index (κ2) is 6.06. The molecular weight excluding hydrogens is 210 g/mol. The van der Waals surface area contributed by atoms with Gasteiger partial charge in [-0.05, 0) is 24.7 Å². The molecule has 0 saturated heterocycles. The molecule has 0 unspecified atom stereocenters. The van der Waals surface area contributed by atoms with Crippen molar-refractivity contribution in [2.45, 2.75) is 13.5 Å². The summed E-state index contributed by atoms with van der Waals surface area (Å²) in [5.74, 6) is 1.79. The van der Waals surface area contributed by atoms with Gasteiger partial charge < -0.3 is 10.1 Å². The lowest BCUT2D eigenvalue weighted by Crippen LogP contribution is -2.12. The normalized spacial score (nSPS) is 10.2. The maximum Gasteiger partial charge on any atom is 0.131 e. The molecule has 0 aliphatic carbocycles. The van der Waals surface area contributed by atoms with Crippen LogP contribution in [0.2, 0.25) is 0 Å². The van der Waals surface area contributed by atoms with Crippen LogP contribution in [0.4, 0.5) is 0 Å². The van der Waals surface area contributed by atoms with Crippen molar-refractivity contribution in [2.24, 2.45) is 0 Å². The van der Waals surface area contributed by atoms with Crippen LogP contribution in [-0.2, 0) is 6.54 Å². The zero-order valence-electron chi connectivity index (χ0n) is 10.0. The van der Waals surface area contributed by atoms with Gasteiger partial charge in [-0.25, -0.2) is 0 Å². The average Bonchev–Trinajstić information content (AvgIpc) is 2.39. The van der Waals surface area contributed by atoms with Gasteiger partial charge in [0.15, 0.2) is 0 Å². The predicted octanol–water partition coefficient (Wildman–Crippen LogP) is 3.59. The lowest BCUT2D eigenvalue weighted by molar-refractivity contribution is 0.473. The predicted molar refractivity (Wildman–Crippen MR) is 70.3 cm³/mol. The van der Waals surface area contributed by atoms with Gasteiger partial charge in [0, 0.05) is 12.1 Å². The summed E-state index contributed by atoms with van der Waals surface area (Å²) in [6.07, 6.45) is 0. The summed E-state index contributed by atoms with van der Waals surface area (Å²) in [5.41, 5.74) is 1.18. The minimum atomic E-state index is 0.833. The highest BCUT2D eigenvalue weighted by Crippen LogP contribution is 2.24. The van der Waals surface area contributed by atoms with Crippen molar-refractivity contribution in [1.29, 1.82) is 0 Å². The lowest BCUT2D eigenvalue weighted by Gasteiger charge is -2.11. The Hall–Kier alpha value is -1.80. The molecule has 0 spiro atoms. The van der Waals surface area contributed by atoms with Crippen molar-refractivity contribution in [1.82, 2.24) is 5.32 Å². The van der Waals surface area contributed by atoms with Gasteiger partial charge in [0.2, 0.25) is 0 Å². The fourth-order valence-electron chi connectivity index (χ4n) is 1.62. The minimum Gasteiger partial charge on any atom is -0.457 e. The minimum absolute atomic E-state index is 0.833. The van der Waals surface area contributed by atoms with E-state index in [2.05, 4.69) is 18.3 Å². The second-order valence-corrected chi connectivity index (χ2v) is 3.80. The van der Waals surface area contributed by atoms with E-state index in [1.54, 1.807) is 0 Å². The van der Waals surface area contributed by atoms with Crippen LogP contribution in [0.15, 0.2) is 54.6 Å². The first-order chi connectivity index (χ1) is 8.40. The first-order valence-electron chi connectivity index (χ1n) is 5.91. The number of nitrogens with one attached hydrogen (secondary N) is 1. The summed E-state index contributed by atoms with van der Waals surface area (Å²) >= 11 is 0. The van der Waals surface area contributed by atoms with Crippen LogP contribution in [0.3, 0.4) is 0 Å². The molecule has 88 valence electrons. The second-order valence-electron chi connectivity index (χ2n) is 3.80. The van der Waals surface area contributed by atoms with E-state index in [4.69, 9.17) is 4.74 Å². The van der Waals surface area contributed by atoms with Gasteiger partial charge in [-0.2, -0.15) is 0 Å². The van der Waals surface area contributed by atoms with Gasteiger partial charge in [-0.15, -0.1) is 0 Å². The molecule has 0 bridgehead atoms. The average molecular weight is 227 g/mol. The van der Waals surface area contributed by atoms with E-state index in [1.165, 1.54) is 5.56 Å². The number of ether oxygens (including phenoxy) is 1. The summed E-state index contributed by atoms with van der Waals surface area (Å²) in [4.78, 5) is 0. The summed E-state index contributed by atoms with van der Waals surface area (Å²) in [6, 6.07) is 18.0. The Kier molecular flexibility index (Phi) is 4.17. The van der Waals surface area contributed by atoms with Crippen molar-refractivity contribution < 1.29 is 4.74 Å². The molecule has 2 nitrogen and oxygen atoms in total. The molecule has 0 radical (unpaired) electrons. The van der Waals surface area contributed by atoms with Crippen LogP contribution in [0.25, 0.3) is 0 Å². The highest BCUT2D eigenvalue weighted by atomic mass is 16.5. The summed E-state index contributed by atoms with van der Waals surface area (Å²) in [6.45, 7) is 3.89. The zero-order chi connectivity index (χ0) is 11.9. The van der Waals surface area contributed by atoms with Gasteiger partial charge in [-0.3, -0.25) is 0 Å². The van der Waals surface area contributed by atoms with E-state index in [1.807, 2.05) is 48.5 Å². The maximum atomic E-state index is 5.87. The van der Waals surface area contributed by atoms with E-state index in [0.29, 0.717) is 0 Å². The lowest BCUT2D eigenvalue weighted by atomic mass is 10.2. The van der Waals surface area contributed by atoms with Gasteiger partial charge in [0.05, 0.1) is 0 Å². The first kappa shape index (κ1) is 11.7. The highest BCUT2D eigenvalue weighted by molar-refractivity contribution is 5.37. The molecule has 1 N–H and O–H groups in total. The molecule has 0 aliphatic rings. The van der Waals surface area contributed by atoms with Gasteiger partial charge in [0.1, 0.15) is 11.5 Å². The molecule has 0 amide bonds. The third-order valence-electron chi connectivity index (χ3n) is 2.51. The Bertz CT molecular complexity index is 453. The van der Waals surface area contributed by atoms with Gasteiger partial charge in [0.25, 0.3) is 0 Å². The molecule has 0 saturated carbocycles. The quantitative estimate of drug-likeness (QED) is 0.842. The van der Waals surface area contributed by atoms with Crippen molar-refractivity contribution in [3.05, 3.63) is 60.2 Å².